The maximum Gasteiger partial charge on any atom is 0.261 e. The van der Waals surface area contributed by atoms with Crippen LogP contribution in [0, 0.1) is 5.92 Å². The number of nitrogens with zero attached hydrogens (tertiary/aromatic N) is 4. The van der Waals surface area contributed by atoms with E-state index in [0.717, 1.165) is 19.4 Å². The molecule has 1 aromatic heterocycles. The van der Waals surface area contributed by atoms with Gasteiger partial charge in [0.2, 0.25) is 5.91 Å². The van der Waals surface area contributed by atoms with Crippen molar-refractivity contribution in [3.8, 4) is 0 Å². The number of hydrogen-bond acceptors (Lipinski definition) is 4. The monoisotopic (exact) mass is 390 g/mol. The van der Waals surface area contributed by atoms with Gasteiger partial charge in [0.25, 0.3) is 5.56 Å². The number of halogens is 1. The Bertz CT molecular complexity index is 905. The molecule has 27 heavy (non-hydrogen) atoms. The van der Waals surface area contributed by atoms with Crippen molar-refractivity contribution >= 4 is 28.4 Å². The van der Waals surface area contributed by atoms with E-state index in [4.69, 9.17) is 16.6 Å². The molecule has 2 aromatic rings. The molecule has 6 nitrogen and oxygen atoms in total. The van der Waals surface area contributed by atoms with Crippen molar-refractivity contribution in [3.05, 3.63) is 39.4 Å². The number of aromatic nitrogens is 2. The first-order valence-electron chi connectivity index (χ1n) is 9.48. The minimum Gasteiger partial charge on any atom is -0.331 e. The van der Waals surface area contributed by atoms with E-state index in [-0.39, 0.29) is 23.4 Å². The van der Waals surface area contributed by atoms with Crippen molar-refractivity contribution < 1.29 is 4.79 Å². The molecule has 1 fully saturated rings. The van der Waals surface area contributed by atoms with Crippen molar-refractivity contribution in [1.29, 1.82) is 0 Å². The van der Waals surface area contributed by atoms with Gasteiger partial charge in [-0.25, -0.2) is 4.98 Å². The molecule has 1 amide bonds. The SMILES string of the molecule is CCn1c(C(C)N(CCN(C)C)C(=O)C2CC2)nc2cc(Cl)ccc2c1=O. The second-order valence-electron chi connectivity index (χ2n) is 7.47. The molecular weight excluding hydrogens is 364 g/mol. The largest absolute Gasteiger partial charge is 0.331 e. The summed E-state index contributed by atoms with van der Waals surface area (Å²) in [5.74, 6) is 0.892. The average molecular weight is 391 g/mol. The van der Waals surface area contributed by atoms with E-state index < -0.39 is 0 Å². The predicted octanol–water partition coefficient (Wildman–Crippen LogP) is 2.93. The smallest absolute Gasteiger partial charge is 0.261 e. The second kappa shape index (κ2) is 7.98. The summed E-state index contributed by atoms with van der Waals surface area (Å²) in [6.07, 6.45) is 1.90. The molecule has 0 radical (unpaired) electrons. The molecule has 7 heteroatoms. The molecule has 0 bridgehead atoms. The first-order valence-corrected chi connectivity index (χ1v) is 9.86. The van der Waals surface area contributed by atoms with Gasteiger partial charge in [0.1, 0.15) is 5.82 Å². The molecule has 0 spiro atoms. The fraction of sp³-hybridized carbons (Fsp3) is 0.550. The molecule has 3 rings (SSSR count). The molecule has 1 aliphatic rings. The standard InChI is InChI=1S/C20H27ClN4O2/c1-5-24-18(22-17-12-15(21)8-9-16(17)20(24)27)13(2)25(11-10-23(3)4)19(26)14-6-7-14/h8-9,12-14H,5-7,10-11H2,1-4H3. The Morgan fingerprint density at radius 3 is 2.63 bits per heavy atom. The highest BCUT2D eigenvalue weighted by molar-refractivity contribution is 6.31. The Balaban J connectivity index is 2.06. The molecule has 0 saturated heterocycles. The second-order valence-corrected chi connectivity index (χ2v) is 7.90. The molecule has 0 N–H and O–H groups in total. The van der Waals surface area contributed by atoms with E-state index in [9.17, 15) is 9.59 Å². The van der Waals surface area contributed by atoms with Gasteiger partial charge >= 0.3 is 0 Å². The third kappa shape index (κ3) is 4.17. The Morgan fingerprint density at radius 2 is 2.04 bits per heavy atom. The summed E-state index contributed by atoms with van der Waals surface area (Å²) in [4.78, 5) is 34.6. The fourth-order valence-corrected chi connectivity index (χ4v) is 3.51. The zero-order valence-corrected chi connectivity index (χ0v) is 17.2. The van der Waals surface area contributed by atoms with Crippen LogP contribution in [0.3, 0.4) is 0 Å². The topological polar surface area (TPSA) is 58.4 Å². The van der Waals surface area contributed by atoms with Crippen molar-refractivity contribution in [2.45, 2.75) is 39.3 Å². The summed E-state index contributed by atoms with van der Waals surface area (Å²) in [6.45, 7) is 5.76. The van der Waals surface area contributed by atoms with Crippen molar-refractivity contribution in [2.24, 2.45) is 5.92 Å². The van der Waals surface area contributed by atoms with Crippen LogP contribution < -0.4 is 5.56 Å². The normalized spacial score (nSPS) is 15.3. The zero-order valence-electron chi connectivity index (χ0n) is 16.4. The maximum atomic E-state index is 13.0. The van der Waals surface area contributed by atoms with Gasteiger partial charge in [0.05, 0.1) is 16.9 Å². The van der Waals surface area contributed by atoms with Crippen LogP contribution in [0.15, 0.2) is 23.0 Å². The number of rotatable bonds is 7. The van der Waals surface area contributed by atoms with Crippen LogP contribution in [-0.4, -0.2) is 52.4 Å². The lowest BCUT2D eigenvalue weighted by molar-refractivity contribution is -0.135. The summed E-state index contributed by atoms with van der Waals surface area (Å²) in [5, 5.41) is 1.09. The summed E-state index contributed by atoms with van der Waals surface area (Å²) in [6, 6.07) is 4.85. The number of hydrogen-bond donors (Lipinski definition) is 0. The van der Waals surface area contributed by atoms with Crippen LogP contribution in [0.4, 0.5) is 0 Å². The van der Waals surface area contributed by atoms with Crippen LogP contribution in [0.2, 0.25) is 5.02 Å². The Morgan fingerprint density at radius 1 is 1.33 bits per heavy atom. The van der Waals surface area contributed by atoms with Gasteiger partial charge in [-0.2, -0.15) is 0 Å². The summed E-state index contributed by atoms with van der Waals surface area (Å²) < 4.78 is 1.67. The molecule has 0 aliphatic heterocycles. The summed E-state index contributed by atoms with van der Waals surface area (Å²) >= 11 is 6.11. The highest BCUT2D eigenvalue weighted by Crippen LogP contribution is 2.34. The van der Waals surface area contributed by atoms with Gasteiger partial charge in [-0.1, -0.05) is 11.6 Å². The van der Waals surface area contributed by atoms with Crippen molar-refractivity contribution in [2.75, 3.05) is 27.2 Å². The van der Waals surface area contributed by atoms with E-state index in [1.54, 1.807) is 22.8 Å². The van der Waals surface area contributed by atoms with Gasteiger partial charge in [0, 0.05) is 30.6 Å². The summed E-state index contributed by atoms with van der Waals surface area (Å²) in [5.41, 5.74) is 0.484. The molecule has 1 aliphatic carbocycles. The molecule has 1 saturated carbocycles. The summed E-state index contributed by atoms with van der Waals surface area (Å²) in [7, 11) is 3.98. The lowest BCUT2D eigenvalue weighted by Gasteiger charge is -2.31. The zero-order chi connectivity index (χ0) is 19.7. The Labute approximate surface area is 164 Å². The van der Waals surface area contributed by atoms with Crippen LogP contribution in [0.1, 0.15) is 38.6 Å². The number of fused-ring (bicyclic) bond motifs is 1. The predicted molar refractivity (Wildman–Crippen MR) is 108 cm³/mol. The first-order chi connectivity index (χ1) is 12.8. The fourth-order valence-electron chi connectivity index (χ4n) is 3.34. The van der Waals surface area contributed by atoms with E-state index in [0.29, 0.717) is 34.8 Å². The number of amides is 1. The minimum absolute atomic E-state index is 0.0903. The number of likely N-dealkylation sites (N-methyl/N-ethyl adjacent to an activating group) is 1. The lowest BCUT2D eigenvalue weighted by Crippen LogP contribution is -2.41. The molecular formula is C20H27ClN4O2. The Kier molecular flexibility index (Phi) is 5.86. The third-order valence-electron chi connectivity index (χ3n) is 5.10. The van der Waals surface area contributed by atoms with Gasteiger partial charge in [0.15, 0.2) is 0 Å². The number of carbonyl (C=O) groups excluding carboxylic acids is 1. The van der Waals surface area contributed by atoms with Gasteiger partial charge in [-0.05, 0) is 59.0 Å². The first kappa shape index (κ1) is 19.8. The maximum absolute atomic E-state index is 13.0. The van der Waals surface area contributed by atoms with Gasteiger partial charge in [-0.3, -0.25) is 14.2 Å². The van der Waals surface area contributed by atoms with E-state index >= 15 is 0 Å². The number of carbonyl (C=O) groups is 1. The lowest BCUT2D eigenvalue weighted by atomic mass is 10.1. The van der Waals surface area contributed by atoms with Gasteiger partial charge in [-0.15, -0.1) is 0 Å². The van der Waals surface area contributed by atoms with Crippen molar-refractivity contribution in [1.82, 2.24) is 19.4 Å². The number of benzene rings is 1. The van der Waals surface area contributed by atoms with E-state index in [1.165, 1.54) is 0 Å². The van der Waals surface area contributed by atoms with Crippen LogP contribution in [-0.2, 0) is 11.3 Å². The van der Waals surface area contributed by atoms with Crippen molar-refractivity contribution in [3.63, 3.8) is 0 Å². The third-order valence-corrected chi connectivity index (χ3v) is 5.34. The molecule has 146 valence electrons. The quantitative estimate of drug-likeness (QED) is 0.729. The highest BCUT2D eigenvalue weighted by atomic mass is 35.5. The Hall–Kier alpha value is -1.92. The molecule has 1 atom stereocenters. The van der Waals surface area contributed by atoms with E-state index in [1.807, 2.05) is 32.8 Å². The molecule has 1 aromatic carbocycles. The average Bonchev–Trinajstić information content (AvgIpc) is 3.46. The van der Waals surface area contributed by atoms with Crippen LogP contribution in [0.25, 0.3) is 10.9 Å². The van der Waals surface area contributed by atoms with Gasteiger partial charge < -0.3 is 9.80 Å². The highest BCUT2D eigenvalue weighted by Gasteiger charge is 2.36. The van der Waals surface area contributed by atoms with E-state index in [2.05, 4.69) is 4.90 Å². The van der Waals surface area contributed by atoms with Crippen LogP contribution >= 0.6 is 11.6 Å². The molecule has 1 unspecified atom stereocenters. The minimum atomic E-state index is -0.283. The molecule has 1 heterocycles. The van der Waals surface area contributed by atoms with Crippen LogP contribution in [0.5, 0.6) is 0 Å².